The fraction of sp³-hybridized carbons (Fsp3) is 0.625. The van der Waals surface area contributed by atoms with Gasteiger partial charge in [-0.2, -0.15) is 0 Å². The molecule has 0 atom stereocenters. The molecule has 0 aliphatic heterocycles. The number of hydrogen-bond acceptors (Lipinski definition) is 4. The molecule has 4 nitrogen and oxygen atoms in total. The van der Waals surface area contributed by atoms with Crippen molar-refractivity contribution >= 4 is 28.3 Å². The Morgan fingerprint density at radius 2 is 2.14 bits per heavy atom. The lowest BCUT2D eigenvalue weighted by molar-refractivity contribution is 0.259. The van der Waals surface area contributed by atoms with E-state index in [-0.39, 0.29) is 5.41 Å². The zero-order chi connectivity index (χ0) is 10.8. The minimum atomic E-state index is -0.572. The average Bonchev–Trinajstić information content (AvgIpc) is 2.47. The van der Waals surface area contributed by atoms with Gasteiger partial charge in [-0.3, -0.25) is 4.79 Å². The maximum atomic E-state index is 10.4. The van der Waals surface area contributed by atoms with E-state index in [4.69, 9.17) is 11.6 Å². The van der Waals surface area contributed by atoms with E-state index >= 15 is 0 Å². The highest BCUT2D eigenvalue weighted by molar-refractivity contribution is 7.11. The fourth-order valence-electron chi connectivity index (χ4n) is 0.773. The number of amides is 1. The number of rotatable bonds is 2. The summed E-state index contributed by atoms with van der Waals surface area (Å²) in [4.78, 5) is 10.4. The molecular formula is C8H12ClN3OS. The van der Waals surface area contributed by atoms with Crippen LogP contribution in [0.3, 0.4) is 0 Å². The third-order valence-corrected chi connectivity index (χ3v) is 2.97. The predicted octanol–water partition coefficient (Wildman–Crippen LogP) is 2.28. The topological polar surface area (TPSA) is 54.9 Å². The van der Waals surface area contributed by atoms with E-state index in [0.717, 1.165) is 10.0 Å². The Bertz CT molecular complexity index is 332. The van der Waals surface area contributed by atoms with Gasteiger partial charge in [0.05, 0.1) is 6.54 Å². The molecule has 0 aliphatic rings. The third kappa shape index (κ3) is 3.23. The molecular weight excluding hydrogens is 222 g/mol. The zero-order valence-corrected chi connectivity index (χ0v) is 9.87. The van der Waals surface area contributed by atoms with Crippen LogP contribution in [0.4, 0.5) is 4.79 Å². The number of aromatic nitrogens is 2. The molecule has 1 N–H and O–H groups in total. The maximum absolute atomic E-state index is 10.4. The summed E-state index contributed by atoms with van der Waals surface area (Å²) in [6.07, 6.45) is 0. The summed E-state index contributed by atoms with van der Waals surface area (Å²) in [5.41, 5.74) is 0.000883. The summed E-state index contributed by atoms with van der Waals surface area (Å²) in [5, 5.41) is 11.6. The minimum Gasteiger partial charge on any atom is -0.336 e. The molecule has 0 saturated carbocycles. The predicted molar refractivity (Wildman–Crippen MR) is 56.7 cm³/mol. The first-order valence-electron chi connectivity index (χ1n) is 4.16. The van der Waals surface area contributed by atoms with Gasteiger partial charge in [0.25, 0.3) is 0 Å². The highest BCUT2D eigenvalue weighted by Crippen LogP contribution is 2.25. The molecule has 14 heavy (non-hydrogen) atoms. The van der Waals surface area contributed by atoms with Gasteiger partial charge >= 0.3 is 5.37 Å². The van der Waals surface area contributed by atoms with Gasteiger partial charge in [-0.1, -0.05) is 32.1 Å². The third-order valence-electron chi connectivity index (χ3n) is 1.49. The van der Waals surface area contributed by atoms with Crippen molar-refractivity contribution < 1.29 is 4.79 Å². The summed E-state index contributed by atoms with van der Waals surface area (Å²) >= 11 is 6.62. The Kier molecular flexibility index (Phi) is 3.44. The van der Waals surface area contributed by atoms with Gasteiger partial charge in [-0.25, -0.2) is 0 Å². The molecule has 78 valence electrons. The van der Waals surface area contributed by atoms with Crippen LogP contribution in [0.5, 0.6) is 0 Å². The van der Waals surface area contributed by atoms with E-state index in [1.165, 1.54) is 11.3 Å². The van der Waals surface area contributed by atoms with Crippen LogP contribution >= 0.6 is 22.9 Å². The van der Waals surface area contributed by atoms with Gasteiger partial charge in [0.2, 0.25) is 0 Å². The van der Waals surface area contributed by atoms with E-state index in [1.807, 2.05) is 0 Å². The van der Waals surface area contributed by atoms with Crippen molar-refractivity contribution in [2.24, 2.45) is 0 Å². The Balaban J connectivity index is 2.64. The number of hydrogen-bond donors (Lipinski definition) is 1. The molecule has 1 aromatic heterocycles. The van der Waals surface area contributed by atoms with Crippen LogP contribution in [0.15, 0.2) is 0 Å². The molecule has 1 heterocycles. The summed E-state index contributed by atoms with van der Waals surface area (Å²) in [6, 6.07) is 0. The Hall–Kier alpha value is -0.680. The molecule has 0 unspecified atom stereocenters. The highest BCUT2D eigenvalue weighted by atomic mass is 35.5. The summed E-state index contributed by atoms with van der Waals surface area (Å²) in [7, 11) is 0. The van der Waals surface area contributed by atoms with Gasteiger partial charge in [-0.15, -0.1) is 10.2 Å². The van der Waals surface area contributed by atoms with E-state index in [2.05, 4.69) is 36.3 Å². The standard InChI is InChI=1S/C8H12ClN3OS/c1-8(2,3)6-12-11-5(14-6)4-10-7(9)13/h4H2,1-3H3,(H,10,13). The van der Waals surface area contributed by atoms with E-state index in [9.17, 15) is 4.79 Å². The Morgan fingerprint density at radius 1 is 1.50 bits per heavy atom. The van der Waals surface area contributed by atoms with Crippen LogP contribution in [-0.4, -0.2) is 15.6 Å². The van der Waals surface area contributed by atoms with Crippen LogP contribution in [0.25, 0.3) is 0 Å². The van der Waals surface area contributed by atoms with Crippen LogP contribution in [0.1, 0.15) is 30.8 Å². The molecule has 0 spiro atoms. The highest BCUT2D eigenvalue weighted by Gasteiger charge is 2.19. The van der Waals surface area contributed by atoms with Gasteiger partial charge in [0, 0.05) is 5.41 Å². The number of nitrogens with zero attached hydrogens (tertiary/aromatic N) is 2. The summed E-state index contributed by atoms with van der Waals surface area (Å²) in [6.45, 7) is 6.54. The van der Waals surface area contributed by atoms with Crippen molar-refractivity contribution in [3.05, 3.63) is 10.0 Å². The van der Waals surface area contributed by atoms with Crippen molar-refractivity contribution in [2.45, 2.75) is 32.7 Å². The average molecular weight is 234 g/mol. The van der Waals surface area contributed by atoms with Gasteiger partial charge in [0.1, 0.15) is 10.0 Å². The molecule has 0 aliphatic carbocycles. The Morgan fingerprint density at radius 3 is 2.57 bits per heavy atom. The first kappa shape index (κ1) is 11.4. The summed E-state index contributed by atoms with van der Waals surface area (Å²) < 4.78 is 0. The lowest BCUT2D eigenvalue weighted by Gasteiger charge is -2.12. The lowest BCUT2D eigenvalue weighted by Crippen LogP contribution is -2.15. The molecule has 0 saturated heterocycles. The molecule has 0 radical (unpaired) electrons. The second-order valence-corrected chi connectivity index (χ2v) is 5.28. The second kappa shape index (κ2) is 4.23. The van der Waals surface area contributed by atoms with Gasteiger partial charge in [-0.05, 0) is 11.6 Å². The molecule has 0 fully saturated rings. The van der Waals surface area contributed by atoms with E-state index in [1.54, 1.807) is 0 Å². The Labute approximate surface area is 91.7 Å². The fourth-order valence-corrected chi connectivity index (χ4v) is 1.68. The molecule has 6 heteroatoms. The van der Waals surface area contributed by atoms with E-state index < -0.39 is 5.37 Å². The van der Waals surface area contributed by atoms with Crippen molar-refractivity contribution in [2.75, 3.05) is 0 Å². The monoisotopic (exact) mass is 233 g/mol. The largest absolute Gasteiger partial charge is 0.336 e. The maximum Gasteiger partial charge on any atom is 0.314 e. The smallest absolute Gasteiger partial charge is 0.314 e. The molecule has 1 amide bonds. The number of carbonyl (C=O) groups is 1. The van der Waals surface area contributed by atoms with Crippen molar-refractivity contribution in [1.82, 2.24) is 15.5 Å². The zero-order valence-electron chi connectivity index (χ0n) is 8.30. The van der Waals surface area contributed by atoms with Crippen LogP contribution < -0.4 is 5.32 Å². The minimum absolute atomic E-state index is 0.000883. The molecule has 0 aromatic carbocycles. The van der Waals surface area contributed by atoms with Crippen molar-refractivity contribution in [1.29, 1.82) is 0 Å². The second-order valence-electron chi connectivity index (χ2n) is 3.88. The first-order chi connectivity index (χ1) is 6.39. The normalized spacial score (nSPS) is 11.4. The lowest BCUT2D eigenvalue weighted by atomic mass is 9.98. The van der Waals surface area contributed by atoms with Gasteiger partial charge < -0.3 is 5.32 Å². The van der Waals surface area contributed by atoms with Crippen molar-refractivity contribution in [3.8, 4) is 0 Å². The quantitative estimate of drug-likeness (QED) is 0.630. The molecule has 1 rings (SSSR count). The van der Waals surface area contributed by atoms with Crippen LogP contribution in [0.2, 0.25) is 0 Å². The van der Waals surface area contributed by atoms with E-state index in [0.29, 0.717) is 6.54 Å². The number of halogens is 1. The number of carbonyl (C=O) groups excluding carboxylic acids is 1. The molecule has 1 aromatic rings. The first-order valence-corrected chi connectivity index (χ1v) is 5.35. The molecule has 0 bridgehead atoms. The number of nitrogens with one attached hydrogen (secondary N) is 1. The van der Waals surface area contributed by atoms with Crippen LogP contribution in [-0.2, 0) is 12.0 Å². The SMILES string of the molecule is CC(C)(C)c1nnc(CNC(=O)Cl)s1. The summed E-state index contributed by atoms with van der Waals surface area (Å²) in [5.74, 6) is 0. The van der Waals surface area contributed by atoms with Gasteiger partial charge in [0.15, 0.2) is 0 Å². The van der Waals surface area contributed by atoms with Crippen molar-refractivity contribution in [3.63, 3.8) is 0 Å². The van der Waals surface area contributed by atoms with Crippen LogP contribution in [0, 0.1) is 0 Å².